The Kier molecular flexibility index (Phi) is 7.86. The number of methoxy groups -OCH3 is 1. The maximum Gasteiger partial charge on any atom is 0.226 e. The number of aromatic nitrogens is 1. The van der Waals surface area contributed by atoms with Crippen LogP contribution in [0.3, 0.4) is 0 Å². The highest BCUT2D eigenvalue weighted by atomic mass is 16.5. The van der Waals surface area contributed by atoms with Crippen LogP contribution in [0.25, 0.3) is 11.5 Å². The molecule has 0 atom stereocenters. The van der Waals surface area contributed by atoms with Crippen LogP contribution < -0.4 is 15.4 Å². The number of oxazole rings is 1. The van der Waals surface area contributed by atoms with E-state index in [4.69, 9.17) is 13.9 Å². The Hall–Kier alpha value is -3.32. The number of benzene rings is 2. The second-order valence-electron chi connectivity index (χ2n) is 6.77. The summed E-state index contributed by atoms with van der Waals surface area (Å²) < 4.78 is 16.2. The molecule has 2 N–H and O–H groups in total. The van der Waals surface area contributed by atoms with E-state index in [0.717, 1.165) is 22.6 Å². The number of ether oxygens (including phenoxy) is 2. The number of aliphatic imine (C=N–C) groups is 1. The zero-order valence-corrected chi connectivity index (χ0v) is 17.6. The van der Waals surface area contributed by atoms with Crippen molar-refractivity contribution in [1.82, 2.24) is 15.6 Å². The molecule has 7 nitrogen and oxygen atoms in total. The average Bonchev–Trinajstić information content (AvgIpc) is 3.24. The quantitative estimate of drug-likeness (QED) is 0.320. The van der Waals surface area contributed by atoms with Gasteiger partial charge in [-0.1, -0.05) is 29.8 Å². The molecule has 0 fully saturated rings. The zero-order valence-electron chi connectivity index (χ0n) is 17.6. The second-order valence-corrected chi connectivity index (χ2v) is 6.77. The molecule has 0 saturated heterocycles. The monoisotopic (exact) mass is 408 g/mol. The van der Waals surface area contributed by atoms with Gasteiger partial charge in [-0.15, -0.1) is 0 Å². The van der Waals surface area contributed by atoms with Gasteiger partial charge in [0, 0.05) is 26.3 Å². The molecule has 1 heterocycles. The van der Waals surface area contributed by atoms with Crippen LogP contribution >= 0.6 is 0 Å². The van der Waals surface area contributed by atoms with E-state index in [1.54, 1.807) is 20.4 Å². The summed E-state index contributed by atoms with van der Waals surface area (Å²) in [5.41, 5.74) is 4.10. The van der Waals surface area contributed by atoms with Crippen LogP contribution in [0.1, 0.15) is 16.8 Å². The number of hydrogen-bond acceptors (Lipinski definition) is 5. The van der Waals surface area contributed by atoms with Crippen LogP contribution in [0.4, 0.5) is 0 Å². The Morgan fingerprint density at radius 2 is 1.73 bits per heavy atom. The molecule has 2 aromatic carbocycles. The first kappa shape index (κ1) is 21.4. The van der Waals surface area contributed by atoms with Gasteiger partial charge in [0.2, 0.25) is 5.89 Å². The van der Waals surface area contributed by atoms with Gasteiger partial charge >= 0.3 is 0 Å². The lowest BCUT2D eigenvalue weighted by atomic mass is 10.1. The lowest BCUT2D eigenvalue weighted by Gasteiger charge is -2.11. The molecule has 0 spiro atoms. The van der Waals surface area contributed by atoms with Gasteiger partial charge in [-0.3, -0.25) is 4.99 Å². The predicted molar refractivity (Wildman–Crippen MR) is 118 cm³/mol. The fourth-order valence-corrected chi connectivity index (χ4v) is 2.74. The Bertz CT molecular complexity index is 934. The van der Waals surface area contributed by atoms with Gasteiger partial charge in [0.05, 0.1) is 18.8 Å². The van der Waals surface area contributed by atoms with Gasteiger partial charge in [0.25, 0.3) is 0 Å². The molecular weight excluding hydrogens is 380 g/mol. The molecule has 0 bridgehead atoms. The van der Waals surface area contributed by atoms with Crippen LogP contribution in [0.2, 0.25) is 0 Å². The van der Waals surface area contributed by atoms with Crippen molar-refractivity contribution < 1.29 is 13.9 Å². The SMILES string of the molecule is CN=C(NCc1ccc(OCCOC)cc1)NCc1coc(-c2ccc(C)cc2)n1. The highest BCUT2D eigenvalue weighted by Gasteiger charge is 2.07. The van der Waals surface area contributed by atoms with Crippen LogP contribution in [0, 0.1) is 6.92 Å². The van der Waals surface area contributed by atoms with Gasteiger partial charge in [-0.05, 0) is 36.8 Å². The molecule has 30 heavy (non-hydrogen) atoms. The molecule has 1 aromatic heterocycles. The fourth-order valence-electron chi connectivity index (χ4n) is 2.74. The highest BCUT2D eigenvalue weighted by molar-refractivity contribution is 5.79. The van der Waals surface area contributed by atoms with E-state index >= 15 is 0 Å². The van der Waals surface area contributed by atoms with Gasteiger partial charge in [0.15, 0.2) is 5.96 Å². The van der Waals surface area contributed by atoms with Crippen molar-refractivity contribution >= 4 is 5.96 Å². The first-order valence-corrected chi connectivity index (χ1v) is 9.84. The molecule has 0 radical (unpaired) electrons. The lowest BCUT2D eigenvalue weighted by molar-refractivity contribution is 0.146. The number of nitrogens with one attached hydrogen (secondary N) is 2. The second kappa shape index (κ2) is 11.0. The highest BCUT2D eigenvalue weighted by Crippen LogP contribution is 2.19. The zero-order chi connectivity index (χ0) is 21.2. The number of nitrogens with zero attached hydrogens (tertiary/aromatic N) is 2. The minimum absolute atomic E-state index is 0.515. The van der Waals surface area contributed by atoms with Crippen molar-refractivity contribution in [3.63, 3.8) is 0 Å². The molecule has 0 unspecified atom stereocenters. The minimum Gasteiger partial charge on any atom is -0.491 e. The van der Waals surface area contributed by atoms with E-state index in [1.165, 1.54) is 5.56 Å². The first-order chi connectivity index (χ1) is 14.7. The molecule has 7 heteroatoms. The topological polar surface area (TPSA) is 80.9 Å². The third-order valence-electron chi connectivity index (χ3n) is 4.45. The Morgan fingerprint density at radius 1 is 1.00 bits per heavy atom. The van der Waals surface area contributed by atoms with Crippen molar-refractivity contribution in [2.75, 3.05) is 27.4 Å². The number of rotatable bonds is 9. The molecule has 3 rings (SSSR count). The number of aryl methyl sites for hydroxylation is 1. The summed E-state index contributed by atoms with van der Waals surface area (Å²) in [6.45, 7) is 4.33. The van der Waals surface area contributed by atoms with E-state index in [-0.39, 0.29) is 0 Å². The Balaban J connectivity index is 1.46. The molecule has 0 saturated carbocycles. The third-order valence-corrected chi connectivity index (χ3v) is 4.45. The lowest BCUT2D eigenvalue weighted by Crippen LogP contribution is -2.36. The standard InChI is InChI=1S/C23H28N4O3/c1-17-4-8-19(9-5-17)22-27-20(16-30-22)15-26-23(24-2)25-14-18-6-10-21(11-7-18)29-13-12-28-3/h4-11,16H,12-15H2,1-3H3,(H2,24,25,26). The fraction of sp³-hybridized carbons (Fsp3) is 0.304. The summed E-state index contributed by atoms with van der Waals surface area (Å²) in [5.74, 6) is 2.13. The van der Waals surface area contributed by atoms with Crippen LogP contribution in [0.15, 0.2) is 64.2 Å². The summed E-state index contributed by atoms with van der Waals surface area (Å²) in [6, 6.07) is 16.0. The van der Waals surface area contributed by atoms with Crippen LogP contribution in [0.5, 0.6) is 5.75 Å². The Labute approximate surface area is 177 Å². The van der Waals surface area contributed by atoms with Crippen molar-refractivity contribution in [2.24, 2.45) is 4.99 Å². The van der Waals surface area contributed by atoms with Gasteiger partial charge in [0.1, 0.15) is 18.6 Å². The predicted octanol–water partition coefficient (Wildman–Crippen LogP) is 3.54. The number of hydrogen-bond donors (Lipinski definition) is 2. The van der Waals surface area contributed by atoms with Crippen molar-refractivity contribution in [2.45, 2.75) is 20.0 Å². The average molecular weight is 409 g/mol. The maximum absolute atomic E-state index is 5.60. The van der Waals surface area contributed by atoms with Crippen molar-refractivity contribution in [3.8, 4) is 17.2 Å². The van der Waals surface area contributed by atoms with E-state index in [9.17, 15) is 0 Å². The summed E-state index contributed by atoms with van der Waals surface area (Å²) in [4.78, 5) is 8.80. The Morgan fingerprint density at radius 3 is 2.43 bits per heavy atom. The molecule has 0 aliphatic heterocycles. The van der Waals surface area contributed by atoms with Gasteiger partial charge < -0.3 is 24.5 Å². The largest absolute Gasteiger partial charge is 0.491 e. The van der Waals surface area contributed by atoms with E-state index in [0.29, 0.717) is 38.2 Å². The molecule has 3 aromatic rings. The number of guanidine groups is 1. The van der Waals surface area contributed by atoms with Crippen LogP contribution in [-0.2, 0) is 17.8 Å². The van der Waals surface area contributed by atoms with Crippen LogP contribution in [-0.4, -0.2) is 38.3 Å². The molecule has 0 amide bonds. The molecule has 0 aliphatic carbocycles. The van der Waals surface area contributed by atoms with E-state index in [2.05, 4.69) is 27.5 Å². The summed E-state index contributed by atoms with van der Waals surface area (Å²) in [7, 11) is 3.40. The van der Waals surface area contributed by atoms with E-state index in [1.807, 2.05) is 48.5 Å². The molecular formula is C23H28N4O3. The molecule has 0 aliphatic rings. The van der Waals surface area contributed by atoms with Gasteiger partial charge in [-0.2, -0.15) is 0 Å². The summed E-state index contributed by atoms with van der Waals surface area (Å²) in [6.07, 6.45) is 1.66. The van der Waals surface area contributed by atoms with Crippen molar-refractivity contribution in [1.29, 1.82) is 0 Å². The van der Waals surface area contributed by atoms with E-state index < -0.39 is 0 Å². The van der Waals surface area contributed by atoms with Gasteiger partial charge in [-0.25, -0.2) is 4.98 Å². The molecule has 158 valence electrons. The maximum atomic E-state index is 5.60. The summed E-state index contributed by atoms with van der Waals surface area (Å²) in [5, 5.41) is 6.55. The smallest absolute Gasteiger partial charge is 0.226 e. The normalized spacial score (nSPS) is 11.4. The minimum atomic E-state index is 0.515. The first-order valence-electron chi connectivity index (χ1n) is 9.84. The summed E-state index contributed by atoms with van der Waals surface area (Å²) >= 11 is 0. The third kappa shape index (κ3) is 6.35. The van der Waals surface area contributed by atoms with Crippen molar-refractivity contribution in [3.05, 3.63) is 71.6 Å².